The number of hydrogen-bond acceptors (Lipinski definition) is 5. The molecule has 0 aliphatic heterocycles. The summed E-state index contributed by atoms with van der Waals surface area (Å²) in [7, 11) is 1.97. The molecule has 22 heavy (non-hydrogen) atoms. The van der Waals surface area contributed by atoms with Crippen LogP contribution in [0.1, 0.15) is 39.6 Å². The first-order valence-electron chi connectivity index (χ1n) is 6.53. The second kappa shape index (κ2) is 8.53. The van der Waals surface area contributed by atoms with Crippen LogP contribution in [0.2, 0.25) is 0 Å². The van der Waals surface area contributed by atoms with E-state index in [2.05, 4.69) is 40.9 Å². The molecule has 2 rings (SSSR count). The van der Waals surface area contributed by atoms with Gasteiger partial charge in [-0.3, -0.25) is 9.59 Å². The van der Waals surface area contributed by atoms with Gasteiger partial charge in [0, 0.05) is 18.2 Å². The average Bonchev–Trinajstić information content (AvgIpc) is 2.54. The molecule has 6 nitrogen and oxygen atoms in total. The van der Waals surface area contributed by atoms with Crippen molar-refractivity contribution in [3.8, 4) is 0 Å². The Morgan fingerprint density at radius 1 is 1.27 bits per heavy atom. The van der Waals surface area contributed by atoms with Gasteiger partial charge in [-0.1, -0.05) is 30.3 Å². The fraction of sp³-hybridized carbons (Fsp3) is 0.188. The summed E-state index contributed by atoms with van der Waals surface area (Å²) in [4.78, 5) is 31.1. The van der Waals surface area contributed by atoms with Crippen molar-refractivity contribution in [1.82, 2.24) is 5.32 Å². The molecule has 116 valence electrons. The van der Waals surface area contributed by atoms with Gasteiger partial charge in [-0.2, -0.15) is 0 Å². The number of benzene rings is 1. The van der Waals surface area contributed by atoms with Crippen LogP contribution in [0.4, 0.5) is 0 Å². The average molecular weight is 303 g/mol. The fourth-order valence-electron chi connectivity index (χ4n) is 1.57. The molecule has 0 saturated heterocycles. The highest BCUT2D eigenvalue weighted by molar-refractivity contribution is 5.84. The van der Waals surface area contributed by atoms with Crippen molar-refractivity contribution in [2.45, 2.75) is 13.0 Å². The first-order valence-corrected chi connectivity index (χ1v) is 6.53. The Balaban J connectivity index is 0.000000224. The number of aromatic carboxylic acids is 1. The number of rotatable bonds is 4. The molecule has 1 aromatic heterocycles. The van der Waals surface area contributed by atoms with Gasteiger partial charge in [0.1, 0.15) is 0 Å². The zero-order chi connectivity index (χ0) is 16.5. The van der Waals surface area contributed by atoms with E-state index in [1.807, 2.05) is 13.1 Å². The van der Waals surface area contributed by atoms with Gasteiger partial charge < -0.3 is 14.8 Å². The number of hydrogen-bond donors (Lipinski definition) is 2. The molecule has 1 atom stereocenters. The van der Waals surface area contributed by atoms with Crippen LogP contribution < -0.4 is 10.7 Å². The standard InChI is InChI=1S/C9H13N.C7H4O5/c1-8(10-2)9-6-4-3-5-7-9;8-3-5-1-4(9)2-6(12-5)7(10)11/h3-8,10H,1-2H3;1-3H,(H,10,11)/t8-;/m1./s1. The third-order valence-electron chi connectivity index (χ3n) is 2.85. The number of nitrogens with one attached hydrogen (secondary N) is 1. The van der Waals surface area contributed by atoms with E-state index in [9.17, 15) is 14.4 Å². The van der Waals surface area contributed by atoms with Crippen molar-refractivity contribution in [1.29, 1.82) is 0 Å². The molecule has 0 aliphatic carbocycles. The number of carboxylic acids is 1. The quantitative estimate of drug-likeness (QED) is 0.840. The van der Waals surface area contributed by atoms with Gasteiger partial charge in [0.05, 0.1) is 0 Å². The van der Waals surface area contributed by atoms with E-state index in [1.54, 1.807) is 0 Å². The lowest BCUT2D eigenvalue weighted by Crippen LogP contribution is -2.11. The van der Waals surface area contributed by atoms with Gasteiger partial charge in [-0.15, -0.1) is 0 Å². The lowest BCUT2D eigenvalue weighted by Gasteiger charge is -2.08. The summed E-state index contributed by atoms with van der Waals surface area (Å²) in [5, 5.41) is 11.6. The lowest BCUT2D eigenvalue weighted by molar-refractivity contribution is 0.0657. The topological polar surface area (TPSA) is 96.6 Å². The van der Waals surface area contributed by atoms with Crippen molar-refractivity contribution in [3.05, 3.63) is 69.8 Å². The minimum absolute atomic E-state index is 0.272. The molecule has 0 spiro atoms. The van der Waals surface area contributed by atoms with E-state index in [1.165, 1.54) is 5.56 Å². The van der Waals surface area contributed by atoms with Gasteiger partial charge in [-0.05, 0) is 19.5 Å². The van der Waals surface area contributed by atoms with Crippen LogP contribution in [0.3, 0.4) is 0 Å². The Labute approximate surface area is 127 Å². The van der Waals surface area contributed by atoms with Crippen LogP contribution >= 0.6 is 0 Å². The Bertz CT molecular complexity index is 678. The first-order chi connectivity index (χ1) is 10.5. The van der Waals surface area contributed by atoms with Crippen molar-refractivity contribution in [2.75, 3.05) is 7.05 Å². The molecule has 0 unspecified atom stereocenters. The normalized spacial score (nSPS) is 11.0. The van der Waals surface area contributed by atoms with E-state index in [0.29, 0.717) is 6.04 Å². The molecule has 1 heterocycles. The number of carboxylic acid groups (broad SMARTS) is 1. The smallest absolute Gasteiger partial charge is 0.371 e. The molecule has 0 saturated carbocycles. The highest BCUT2D eigenvalue weighted by Gasteiger charge is 2.07. The summed E-state index contributed by atoms with van der Waals surface area (Å²) >= 11 is 0. The van der Waals surface area contributed by atoms with E-state index >= 15 is 0 Å². The Hall–Kier alpha value is -2.73. The second-order valence-electron chi connectivity index (χ2n) is 4.40. The molecule has 2 aromatic rings. The zero-order valence-electron chi connectivity index (χ0n) is 12.3. The van der Waals surface area contributed by atoms with Gasteiger partial charge in [0.2, 0.25) is 5.76 Å². The van der Waals surface area contributed by atoms with Crippen molar-refractivity contribution < 1.29 is 19.1 Å². The predicted octanol–water partition coefficient (Wildman–Crippen LogP) is 2.12. The minimum Gasteiger partial charge on any atom is -0.475 e. The van der Waals surface area contributed by atoms with E-state index in [4.69, 9.17) is 5.11 Å². The lowest BCUT2D eigenvalue weighted by atomic mass is 10.1. The van der Waals surface area contributed by atoms with Gasteiger partial charge >= 0.3 is 5.97 Å². The SMILES string of the molecule is CN[C@H](C)c1ccccc1.O=Cc1cc(=O)cc(C(=O)O)o1. The van der Waals surface area contributed by atoms with Crippen LogP contribution in [-0.2, 0) is 0 Å². The molecular weight excluding hydrogens is 286 g/mol. The molecule has 1 aromatic carbocycles. The molecule has 2 N–H and O–H groups in total. The fourth-order valence-corrected chi connectivity index (χ4v) is 1.57. The Morgan fingerprint density at radius 3 is 2.41 bits per heavy atom. The van der Waals surface area contributed by atoms with Crippen LogP contribution in [0.5, 0.6) is 0 Å². The minimum atomic E-state index is -1.38. The summed E-state index contributed by atoms with van der Waals surface area (Å²) in [6, 6.07) is 12.6. The van der Waals surface area contributed by atoms with Crippen LogP contribution in [0.15, 0.2) is 51.7 Å². The van der Waals surface area contributed by atoms with Crippen molar-refractivity contribution in [2.24, 2.45) is 0 Å². The van der Waals surface area contributed by atoms with E-state index in [0.717, 1.165) is 12.1 Å². The second-order valence-corrected chi connectivity index (χ2v) is 4.40. The third kappa shape index (κ3) is 5.34. The molecular formula is C16H17NO5. The van der Waals surface area contributed by atoms with Crippen molar-refractivity contribution >= 4 is 12.3 Å². The van der Waals surface area contributed by atoms with Crippen LogP contribution in [-0.4, -0.2) is 24.4 Å². The maximum atomic E-state index is 10.7. The zero-order valence-corrected chi connectivity index (χ0v) is 12.3. The van der Waals surface area contributed by atoms with Crippen LogP contribution in [0.25, 0.3) is 0 Å². The molecule has 0 radical (unpaired) electrons. The highest BCUT2D eigenvalue weighted by atomic mass is 16.4. The number of carbonyl (C=O) groups is 2. The molecule has 0 bridgehead atoms. The summed E-state index contributed by atoms with van der Waals surface area (Å²) in [6.45, 7) is 2.15. The van der Waals surface area contributed by atoms with Crippen LogP contribution in [0, 0.1) is 0 Å². The predicted molar refractivity (Wildman–Crippen MR) is 81.2 cm³/mol. The number of aldehydes is 1. The largest absolute Gasteiger partial charge is 0.475 e. The summed E-state index contributed by atoms with van der Waals surface area (Å²) in [5.41, 5.74) is 0.769. The maximum Gasteiger partial charge on any atom is 0.371 e. The van der Waals surface area contributed by atoms with E-state index < -0.39 is 17.2 Å². The first kappa shape index (κ1) is 17.3. The Morgan fingerprint density at radius 2 is 1.91 bits per heavy atom. The van der Waals surface area contributed by atoms with Crippen molar-refractivity contribution in [3.63, 3.8) is 0 Å². The maximum absolute atomic E-state index is 10.7. The Kier molecular flexibility index (Phi) is 6.72. The molecule has 0 aliphatic rings. The van der Waals surface area contributed by atoms with E-state index in [-0.39, 0.29) is 12.0 Å². The van der Waals surface area contributed by atoms with Gasteiger partial charge in [-0.25, -0.2) is 4.79 Å². The summed E-state index contributed by atoms with van der Waals surface area (Å²) < 4.78 is 4.50. The summed E-state index contributed by atoms with van der Waals surface area (Å²) in [6.07, 6.45) is 0.272. The van der Waals surface area contributed by atoms with Gasteiger partial charge in [0.15, 0.2) is 17.5 Å². The highest BCUT2D eigenvalue weighted by Crippen LogP contribution is 2.09. The molecule has 6 heteroatoms. The number of carbonyl (C=O) groups excluding carboxylic acids is 1. The third-order valence-corrected chi connectivity index (χ3v) is 2.85. The van der Waals surface area contributed by atoms with Gasteiger partial charge in [0.25, 0.3) is 0 Å². The molecule has 0 amide bonds. The molecule has 0 fully saturated rings. The monoisotopic (exact) mass is 303 g/mol. The summed E-state index contributed by atoms with van der Waals surface area (Å²) in [5.74, 6) is -2.21.